The highest BCUT2D eigenvalue weighted by atomic mass is 32.1. The molecule has 0 amide bonds. The average Bonchev–Trinajstić information content (AvgIpc) is 2.92. The number of hydrogen-bond donors (Lipinski definition) is 2. The molecular weight excluding hydrogens is 270 g/mol. The molecule has 1 unspecified atom stereocenters. The second-order valence-corrected chi connectivity index (χ2v) is 5.97. The van der Waals surface area contributed by atoms with Crippen LogP contribution in [-0.4, -0.2) is 17.8 Å². The van der Waals surface area contributed by atoms with Gasteiger partial charge in [0, 0.05) is 11.4 Å². The minimum Gasteiger partial charge on any atom is -0.491 e. The highest BCUT2D eigenvalue weighted by Gasteiger charge is 2.11. The molecule has 0 saturated carbocycles. The van der Waals surface area contributed by atoms with E-state index in [0.717, 1.165) is 17.9 Å². The van der Waals surface area contributed by atoms with E-state index in [1.165, 1.54) is 4.88 Å². The minimum absolute atomic E-state index is 0.0660. The number of thiophene rings is 1. The van der Waals surface area contributed by atoms with Crippen molar-refractivity contribution < 1.29 is 9.84 Å². The van der Waals surface area contributed by atoms with Gasteiger partial charge in [-0.25, -0.2) is 0 Å². The molecule has 2 rings (SSSR count). The van der Waals surface area contributed by atoms with Crippen molar-refractivity contribution in [2.24, 2.45) is 0 Å². The van der Waals surface area contributed by atoms with Gasteiger partial charge < -0.3 is 15.2 Å². The van der Waals surface area contributed by atoms with Gasteiger partial charge in [0.25, 0.3) is 0 Å². The van der Waals surface area contributed by atoms with Gasteiger partial charge in [0.2, 0.25) is 0 Å². The quantitative estimate of drug-likeness (QED) is 0.822. The van der Waals surface area contributed by atoms with Crippen LogP contribution in [0.25, 0.3) is 0 Å². The lowest BCUT2D eigenvalue weighted by molar-refractivity contribution is 0.236. The summed E-state index contributed by atoms with van der Waals surface area (Å²) in [6, 6.07) is 11.9. The van der Waals surface area contributed by atoms with Gasteiger partial charge in [0.1, 0.15) is 5.75 Å². The van der Waals surface area contributed by atoms with Crippen molar-refractivity contribution in [3.8, 4) is 5.75 Å². The van der Waals surface area contributed by atoms with Crippen LogP contribution >= 0.6 is 11.3 Å². The molecular formula is C16H21NO2S. The second kappa shape index (κ2) is 7.43. The molecule has 2 aromatic rings. The number of aliphatic hydroxyl groups excluding tert-OH is 1. The fraction of sp³-hybridized carbons (Fsp3) is 0.375. The SMILES string of the molecule is CC(C)Oc1cccc(C(CO)NCc2cccs2)c1. The van der Waals surface area contributed by atoms with E-state index in [9.17, 15) is 5.11 Å². The van der Waals surface area contributed by atoms with Crippen LogP contribution in [0.15, 0.2) is 41.8 Å². The van der Waals surface area contributed by atoms with E-state index in [2.05, 4.69) is 16.8 Å². The fourth-order valence-corrected chi connectivity index (χ4v) is 2.66. The number of rotatable bonds is 7. The molecule has 1 aromatic heterocycles. The zero-order valence-corrected chi connectivity index (χ0v) is 12.7. The first-order chi connectivity index (χ1) is 9.69. The zero-order chi connectivity index (χ0) is 14.4. The summed E-state index contributed by atoms with van der Waals surface area (Å²) < 4.78 is 5.69. The normalized spacial score (nSPS) is 12.6. The maximum absolute atomic E-state index is 9.58. The number of hydrogen-bond acceptors (Lipinski definition) is 4. The molecule has 0 aliphatic carbocycles. The molecule has 1 heterocycles. The Kier molecular flexibility index (Phi) is 5.59. The lowest BCUT2D eigenvalue weighted by Crippen LogP contribution is -2.23. The van der Waals surface area contributed by atoms with Crippen LogP contribution in [0.4, 0.5) is 0 Å². The summed E-state index contributed by atoms with van der Waals surface area (Å²) in [5.74, 6) is 0.842. The molecule has 1 atom stereocenters. The van der Waals surface area contributed by atoms with Crippen LogP contribution in [-0.2, 0) is 6.54 Å². The van der Waals surface area contributed by atoms with Gasteiger partial charge in [-0.2, -0.15) is 0 Å². The van der Waals surface area contributed by atoms with Crippen molar-refractivity contribution in [2.75, 3.05) is 6.61 Å². The van der Waals surface area contributed by atoms with Crippen molar-refractivity contribution >= 4 is 11.3 Å². The van der Waals surface area contributed by atoms with Crippen LogP contribution in [0.1, 0.15) is 30.3 Å². The Balaban J connectivity index is 2.02. The summed E-state index contributed by atoms with van der Waals surface area (Å²) in [5.41, 5.74) is 1.04. The summed E-state index contributed by atoms with van der Waals surface area (Å²) in [5, 5.41) is 15.0. The van der Waals surface area contributed by atoms with E-state index in [1.807, 2.05) is 44.2 Å². The molecule has 1 aromatic carbocycles. The summed E-state index contributed by atoms with van der Waals surface area (Å²) >= 11 is 1.71. The Hall–Kier alpha value is -1.36. The van der Waals surface area contributed by atoms with Gasteiger partial charge in [-0.05, 0) is 43.0 Å². The van der Waals surface area contributed by atoms with E-state index in [-0.39, 0.29) is 18.8 Å². The monoisotopic (exact) mass is 291 g/mol. The summed E-state index contributed by atoms with van der Waals surface area (Å²) in [6.45, 7) is 4.84. The van der Waals surface area contributed by atoms with E-state index in [0.29, 0.717) is 0 Å². The first-order valence-corrected chi connectivity index (χ1v) is 7.70. The Morgan fingerprint density at radius 1 is 1.25 bits per heavy atom. The first kappa shape index (κ1) is 15.0. The van der Waals surface area contributed by atoms with Gasteiger partial charge in [-0.3, -0.25) is 0 Å². The van der Waals surface area contributed by atoms with Crippen LogP contribution in [0.5, 0.6) is 5.75 Å². The second-order valence-electron chi connectivity index (χ2n) is 4.93. The lowest BCUT2D eigenvalue weighted by Gasteiger charge is -2.18. The molecule has 2 N–H and O–H groups in total. The lowest BCUT2D eigenvalue weighted by atomic mass is 10.1. The van der Waals surface area contributed by atoms with Gasteiger partial charge in [-0.15, -0.1) is 11.3 Å². The molecule has 0 spiro atoms. The van der Waals surface area contributed by atoms with Crippen LogP contribution in [0.2, 0.25) is 0 Å². The Labute approximate surface area is 124 Å². The first-order valence-electron chi connectivity index (χ1n) is 6.82. The Bertz CT molecular complexity index is 511. The molecule has 0 aliphatic rings. The van der Waals surface area contributed by atoms with E-state index >= 15 is 0 Å². The summed E-state index contributed by atoms with van der Waals surface area (Å²) in [6.07, 6.45) is 0.150. The smallest absolute Gasteiger partial charge is 0.120 e. The molecule has 4 heteroatoms. The van der Waals surface area contributed by atoms with E-state index in [4.69, 9.17) is 4.74 Å². The number of ether oxygens (including phenoxy) is 1. The van der Waals surface area contributed by atoms with Crippen LogP contribution in [0.3, 0.4) is 0 Å². The molecule has 0 aliphatic heterocycles. The topological polar surface area (TPSA) is 41.5 Å². The van der Waals surface area contributed by atoms with Crippen molar-refractivity contribution in [3.63, 3.8) is 0 Å². The summed E-state index contributed by atoms with van der Waals surface area (Å²) in [7, 11) is 0. The molecule has 0 bridgehead atoms. The van der Waals surface area contributed by atoms with Crippen molar-refractivity contribution in [3.05, 3.63) is 52.2 Å². The Morgan fingerprint density at radius 3 is 2.75 bits per heavy atom. The van der Waals surface area contributed by atoms with Gasteiger partial charge in [0.15, 0.2) is 0 Å². The molecule has 0 radical (unpaired) electrons. The fourth-order valence-electron chi connectivity index (χ4n) is 2.00. The molecule has 0 fully saturated rings. The maximum Gasteiger partial charge on any atom is 0.120 e. The third-order valence-corrected chi connectivity index (χ3v) is 3.79. The van der Waals surface area contributed by atoms with Crippen LogP contribution < -0.4 is 10.1 Å². The van der Waals surface area contributed by atoms with E-state index < -0.39 is 0 Å². The standard InChI is InChI=1S/C16H21NO2S/c1-12(2)19-14-6-3-5-13(9-14)16(11-18)17-10-15-7-4-8-20-15/h3-9,12,16-18H,10-11H2,1-2H3. The molecule has 0 saturated heterocycles. The summed E-state index contributed by atoms with van der Waals surface area (Å²) in [4.78, 5) is 1.26. The van der Waals surface area contributed by atoms with E-state index in [1.54, 1.807) is 11.3 Å². The number of aliphatic hydroxyl groups is 1. The molecule has 3 nitrogen and oxygen atoms in total. The minimum atomic E-state index is -0.0761. The molecule has 108 valence electrons. The predicted octanol–water partition coefficient (Wildman–Crippen LogP) is 3.36. The van der Waals surface area contributed by atoms with Crippen LogP contribution in [0, 0.1) is 0 Å². The third-order valence-electron chi connectivity index (χ3n) is 2.92. The highest BCUT2D eigenvalue weighted by molar-refractivity contribution is 7.09. The largest absolute Gasteiger partial charge is 0.491 e. The van der Waals surface area contributed by atoms with Gasteiger partial charge in [0.05, 0.1) is 18.8 Å². The number of benzene rings is 1. The molecule has 20 heavy (non-hydrogen) atoms. The third kappa shape index (κ3) is 4.34. The highest BCUT2D eigenvalue weighted by Crippen LogP contribution is 2.21. The van der Waals surface area contributed by atoms with Crippen molar-refractivity contribution in [1.82, 2.24) is 5.32 Å². The predicted molar refractivity (Wildman–Crippen MR) is 83.2 cm³/mol. The van der Waals surface area contributed by atoms with Crippen molar-refractivity contribution in [1.29, 1.82) is 0 Å². The zero-order valence-electron chi connectivity index (χ0n) is 11.9. The Morgan fingerprint density at radius 2 is 2.10 bits per heavy atom. The van der Waals surface area contributed by atoms with Gasteiger partial charge >= 0.3 is 0 Å². The average molecular weight is 291 g/mol. The van der Waals surface area contributed by atoms with Crippen molar-refractivity contribution in [2.45, 2.75) is 32.5 Å². The number of nitrogens with one attached hydrogen (secondary N) is 1. The van der Waals surface area contributed by atoms with Gasteiger partial charge in [-0.1, -0.05) is 18.2 Å². The maximum atomic E-state index is 9.58.